The van der Waals surface area contributed by atoms with E-state index in [1.54, 1.807) is 4.57 Å². The van der Waals surface area contributed by atoms with Crippen LogP contribution in [-0.4, -0.2) is 36.2 Å². The van der Waals surface area contributed by atoms with Gasteiger partial charge in [-0.25, -0.2) is 4.39 Å². The normalized spacial score (nSPS) is 19.7. The number of primary amides is 1. The van der Waals surface area contributed by atoms with E-state index in [-0.39, 0.29) is 36.5 Å². The molecule has 1 aliphatic carbocycles. The van der Waals surface area contributed by atoms with E-state index >= 15 is 4.39 Å². The highest BCUT2D eigenvalue weighted by molar-refractivity contribution is 5.92. The van der Waals surface area contributed by atoms with E-state index in [0.29, 0.717) is 35.7 Å². The maximum Gasteiger partial charge on any atom is 0.255 e. The summed E-state index contributed by atoms with van der Waals surface area (Å²) in [5, 5.41) is 0.590. The number of pyridine rings is 1. The van der Waals surface area contributed by atoms with Gasteiger partial charge in [0.1, 0.15) is 11.6 Å². The molecule has 4 N–H and O–H groups in total. The van der Waals surface area contributed by atoms with Crippen molar-refractivity contribution in [3.05, 3.63) is 33.9 Å². The molecular formula is C23H31FN4O3. The molecule has 0 radical (unpaired) electrons. The number of amides is 1. The van der Waals surface area contributed by atoms with Crippen molar-refractivity contribution in [1.29, 1.82) is 0 Å². The Bertz CT molecular complexity index is 1060. The lowest BCUT2D eigenvalue weighted by molar-refractivity contribution is -0.118. The SMILES string of the molecule is Cc1c(N2CC[C@@H]([C@H](C)N)C2)c(F)cc2c(OCCCC(N)=O)cc(=O)n(C3CC3)c12. The Hall–Kier alpha value is -2.61. The zero-order valence-corrected chi connectivity index (χ0v) is 18.2. The number of fused-ring (bicyclic) bond motifs is 1. The minimum Gasteiger partial charge on any atom is -0.493 e. The largest absolute Gasteiger partial charge is 0.493 e. The van der Waals surface area contributed by atoms with Crippen LogP contribution in [0.25, 0.3) is 10.9 Å². The fraction of sp³-hybridized carbons (Fsp3) is 0.565. The van der Waals surface area contributed by atoms with Crippen molar-refractivity contribution in [1.82, 2.24) is 4.57 Å². The number of halogens is 1. The molecule has 7 nitrogen and oxygen atoms in total. The Kier molecular flexibility index (Phi) is 5.92. The quantitative estimate of drug-likeness (QED) is 0.627. The van der Waals surface area contributed by atoms with Crippen LogP contribution in [-0.2, 0) is 4.79 Å². The van der Waals surface area contributed by atoms with Gasteiger partial charge < -0.3 is 25.7 Å². The second kappa shape index (κ2) is 8.49. The van der Waals surface area contributed by atoms with Crippen LogP contribution < -0.4 is 26.7 Å². The van der Waals surface area contributed by atoms with Crippen molar-refractivity contribution in [2.24, 2.45) is 17.4 Å². The third-order valence-electron chi connectivity index (χ3n) is 6.48. The van der Waals surface area contributed by atoms with E-state index in [1.807, 2.05) is 13.8 Å². The van der Waals surface area contributed by atoms with Crippen LogP contribution in [0, 0.1) is 18.7 Å². The number of nitrogens with two attached hydrogens (primary N) is 2. The second-order valence-electron chi connectivity index (χ2n) is 8.95. The average Bonchev–Trinajstić information content (AvgIpc) is 3.41. The van der Waals surface area contributed by atoms with E-state index in [1.165, 1.54) is 12.1 Å². The van der Waals surface area contributed by atoms with Gasteiger partial charge in [0.15, 0.2) is 0 Å². The summed E-state index contributed by atoms with van der Waals surface area (Å²) in [6, 6.07) is 3.12. The van der Waals surface area contributed by atoms with Gasteiger partial charge in [-0.05, 0) is 57.1 Å². The highest BCUT2D eigenvalue weighted by Crippen LogP contribution is 2.42. The van der Waals surface area contributed by atoms with Gasteiger partial charge in [-0.15, -0.1) is 0 Å². The lowest BCUT2D eigenvalue weighted by atomic mass is 10.0. The van der Waals surface area contributed by atoms with Crippen LogP contribution in [0.2, 0.25) is 0 Å². The molecule has 0 spiro atoms. The van der Waals surface area contributed by atoms with Crippen LogP contribution in [0.5, 0.6) is 5.75 Å². The maximum atomic E-state index is 15.4. The number of nitrogens with zero attached hydrogens (tertiary/aromatic N) is 2. The van der Waals surface area contributed by atoms with Crippen molar-refractivity contribution in [3.8, 4) is 5.75 Å². The number of rotatable bonds is 8. The molecule has 1 aromatic carbocycles. The predicted molar refractivity (Wildman–Crippen MR) is 119 cm³/mol. The molecule has 1 amide bonds. The Morgan fingerprint density at radius 1 is 1.32 bits per heavy atom. The summed E-state index contributed by atoms with van der Waals surface area (Å²) in [6.45, 7) is 5.55. The molecule has 2 aromatic rings. The van der Waals surface area contributed by atoms with Gasteiger partial charge in [0.05, 0.1) is 17.8 Å². The Morgan fingerprint density at radius 2 is 2.06 bits per heavy atom. The number of aromatic nitrogens is 1. The van der Waals surface area contributed by atoms with Gasteiger partial charge in [-0.1, -0.05) is 0 Å². The zero-order valence-electron chi connectivity index (χ0n) is 18.2. The van der Waals surface area contributed by atoms with Crippen molar-refractivity contribution < 1.29 is 13.9 Å². The number of carbonyl (C=O) groups excluding carboxylic acids is 1. The lowest BCUT2D eigenvalue weighted by Crippen LogP contribution is -2.30. The average molecular weight is 431 g/mol. The van der Waals surface area contributed by atoms with Gasteiger partial charge in [0.2, 0.25) is 5.91 Å². The molecule has 2 fully saturated rings. The van der Waals surface area contributed by atoms with E-state index < -0.39 is 5.91 Å². The zero-order chi connectivity index (χ0) is 22.3. The summed E-state index contributed by atoms with van der Waals surface area (Å²) < 4.78 is 23.0. The number of aryl methyl sites for hydroxylation is 1. The van der Waals surface area contributed by atoms with Gasteiger partial charge in [0.25, 0.3) is 5.56 Å². The number of anilines is 1. The summed E-state index contributed by atoms with van der Waals surface area (Å²) in [4.78, 5) is 26.0. The Morgan fingerprint density at radius 3 is 2.68 bits per heavy atom. The first kappa shape index (κ1) is 21.6. The lowest BCUT2D eigenvalue weighted by Gasteiger charge is -2.25. The molecule has 2 atom stereocenters. The number of hydrogen-bond acceptors (Lipinski definition) is 5. The monoisotopic (exact) mass is 430 g/mol. The van der Waals surface area contributed by atoms with E-state index in [4.69, 9.17) is 16.2 Å². The molecule has 31 heavy (non-hydrogen) atoms. The smallest absolute Gasteiger partial charge is 0.255 e. The fourth-order valence-corrected chi connectivity index (χ4v) is 4.68. The minimum absolute atomic E-state index is 0.0545. The predicted octanol–water partition coefficient (Wildman–Crippen LogP) is 2.60. The molecule has 4 rings (SSSR count). The van der Waals surface area contributed by atoms with E-state index in [9.17, 15) is 9.59 Å². The first-order chi connectivity index (χ1) is 14.8. The van der Waals surface area contributed by atoms with Crippen LogP contribution >= 0.6 is 0 Å². The van der Waals surface area contributed by atoms with Gasteiger partial charge in [0, 0.05) is 43.0 Å². The first-order valence-electron chi connectivity index (χ1n) is 11.1. The fourth-order valence-electron chi connectivity index (χ4n) is 4.68. The molecular weight excluding hydrogens is 399 g/mol. The van der Waals surface area contributed by atoms with Crippen molar-refractivity contribution in [2.45, 2.75) is 58.0 Å². The summed E-state index contributed by atoms with van der Waals surface area (Å²) in [6.07, 6.45) is 3.44. The van der Waals surface area contributed by atoms with E-state index in [0.717, 1.165) is 36.9 Å². The summed E-state index contributed by atoms with van der Waals surface area (Å²) in [7, 11) is 0. The van der Waals surface area contributed by atoms with Gasteiger partial charge in [-0.2, -0.15) is 0 Å². The van der Waals surface area contributed by atoms with Crippen LogP contribution in [0.3, 0.4) is 0 Å². The maximum absolute atomic E-state index is 15.4. The molecule has 1 saturated carbocycles. The summed E-state index contributed by atoms with van der Waals surface area (Å²) in [5.74, 6) is -0.0528. The summed E-state index contributed by atoms with van der Waals surface area (Å²) in [5.41, 5.74) is 13.2. The molecule has 0 bridgehead atoms. The first-order valence-corrected chi connectivity index (χ1v) is 11.1. The topological polar surface area (TPSA) is 104 Å². The third-order valence-corrected chi connectivity index (χ3v) is 6.48. The molecule has 1 aliphatic heterocycles. The number of ether oxygens (including phenoxy) is 1. The van der Waals surface area contributed by atoms with Crippen molar-refractivity contribution in [2.75, 3.05) is 24.6 Å². The van der Waals surface area contributed by atoms with Crippen molar-refractivity contribution in [3.63, 3.8) is 0 Å². The summed E-state index contributed by atoms with van der Waals surface area (Å²) >= 11 is 0. The number of hydrogen-bond donors (Lipinski definition) is 2. The molecule has 168 valence electrons. The third kappa shape index (κ3) is 4.26. The number of carbonyl (C=O) groups is 1. The highest BCUT2D eigenvalue weighted by atomic mass is 19.1. The molecule has 2 heterocycles. The second-order valence-corrected chi connectivity index (χ2v) is 8.95. The minimum atomic E-state index is -0.403. The molecule has 0 unspecified atom stereocenters. The Balaban J connectivity index is 1.78. The number of benzene rings is 1. The molecule has 2 aliphatic rings. The highest BCUT2D eigenvalue weighted by Gasteiger charge is 2.32. The van der Waals surface area contributed by atoms with E-state index in [2.05, 4.69) is 4.90 Å². The van der Waals surface area contributed by atoms with Gasteiger partial charge in [-0.3, -0.25) is 9.59 Å². The molecule has 1 aromatic heterocycles. The van der Waals surface area contributed by atoms with Crippen LogP contribution in [0.4, 0.5) is 10.1 Å². The van der Waals surface area contributed by atoms with Crippen molar-refractivity contribution >= 4 is 22.5 Å². The van der Waals surface area contributed by atoms with Crippen LogP contribution in [0.1, 0.15) is 50.6 Å². The molecule has 8 heteroatoms. The molecule has 1 saturated heterocycles. The van der Waals surface area contributed by atoms with Gasteiger partial charge >= 0.3 is 0 Å². The van der Waals surface area contributed by atoms with Crippen LogP contribution in [0.15, 0.2) is 16.9 Å². The standard InChI is InChI=1S/C23H31FN4O3/c1-13-22-17(10-18(24)23(13)27-8-7-15(12-27)14(2)25)19(31-9-3-4-20(26)29)11-21(30)28(22)16-5-6-16/h10-11,14-16H,3-9,12,25H2,1-2H3,(H2,26,29)/t14-,15+/m0/s1. The Labute approximate surface area is 181 Å².